The molecular weight excluding hydrogens is 436 g/mol. The maximum atomic E-state index is 10.4. The van der Waals surface area contributed by atoms with Gasteiger partial charge in [-0.2, -0.15) is 0 Å². The van der Waals surface area contributed by atoms with Gasteiger partial charge in [-0.3, -0.25) is 0 Å². The van der Waals surface area contributed by atoms with Gasteiger partial charge in [0.2, 0.25) is 6.29 Å². The Balaban J connectivity index is 1.49. The lowest BCUT2D eigenvalue weighted by molar-refractivity contribution is -0.277. The van der Waals surface area contributed by atoms with Crippen LogP contribution in [0.3, 0.4) is 0 Å². The van der Waals surface area contributed by atoms with E-state index in [1.807, 2.05) is 0 Å². The van der Waals surface area contributed by atoms with E-state index in [0.717, 1.165) is 31.3 Å². The number of benzene rings is 1. The van der Waals surface area contributed by atoms with Crippen molar-refractivity contribution in [1.29, 1.82) is 0 Å². The molecule has 5 atom stereocenters. The zero-order valence-corrected chi connectivity index (χ0v) is 18.3. The van der Waals surface area contributed by atoms with Crippen molar-refractivity contribution in [2.75, 3.05) is 13.6 Å². The van der Waals surface area contributed by atoms with E-state index >= 15 is 0 Å². The van der Waals surface area contributed by atoms with Crippen LogP contribution in [0.4, 0.5) is 0 Å². The Bertz CT molecular complexity index is 952. The molecule has 6 rings (SSSR count). The van der Waals surface area contributed by atoms with Gasteiger partial charge in [-0.1, -0.05) is 11.6 Å². The van der Waals surface area contributed by atoms with Crippen LogP contribution in [0, 0.1) is 23.7 Å². The molecule has 5 aliphatic rings. The van der Waals surface area contributed by atoms with Crippen molar-refractivity contribution < 1.29 is 38.7 Å². The van der Waals surface area contributed by atoms with E-state index < -0.39 is 44.4 Å². The molecule has 7 nitrogen and oxygen atoms in total. The molecule has 2 unspecified atom stereocenters. The van der Waals surface area contributed by atoms with Crippen LogP contribution in [0.5, 0.6) is 5.75 Å². The van der Waals surface area contributed by atoms with Gasteiger partial charge in [-0.25, -0.2) is 0 Å². The fourth-order valence-electron chi connectivity index (χ4n) is 6.37. The minimum absolute atomic E-state index is 0.0876. The SMILES string of the molecule is [2H]C([2H])([2H])OC(=C1C2CC3CC(C2)CC1C3)c1ccc(Cl)c(O[C@@H]2OC(CO)[C@H](O)C(O)[C@@H]2O)c1. The minimum Gasteiger partial charge on any atom is -0.496 e. The lowest BCUT2D eigenvalue weighted by Gasteiger charge is -2.51. The van der Waals surface area contributed by atoms with Crippen LogP contribution in [-0.4, -0.2) is 64.8 Å². The zero-order valence-electron chi connectivity index (χ0n) is 20.6. The van der Waals surface area contributed by atoms with Crippen molar-refractivity contribution in [2.24, 2.45) is 23.7 Å². The third-order valence-corrected chi connectivity index (χ3v) is 7.98. The molecule has 176 valence electrons. The number of ether oxygens (including phenoxy) is 3. The summed E-state index contributed by atoms with van der Waals surface area (Å²) in [6.07, 6.45) is -1.85. The van der Waals surface area contributed by atoms with Crippen molar-refractivity contribution in [2.45, 2.75) is 62.8 Å². The summed E-state index contributed by atoms with van der Waals surface area (Å²) in [5, 5.41) is 40.1. The predicted molar refractivity (Wildman–Crippen MR) is 117 cm³/mol. The van der Waals surface area contributed by atoms with Gasteiger partial charge in [0.1, 0.15) is 35.9 Å². The number of allylic oxidation sites excluding steroid dienone is 1. The van der Waals surface area contributed by atoms with Crippen LogP contribution in [0.25, 0.3) is 5.76 Å². The molecule has 32 heavy (non-hydrogen) atoms. The van der Waals surface area contributed by atoms with Crippen LogP contribution in [0.1, 0.15) is 41.8 Å². The number of rotatable bonds is 5. The van der Waals surface area contributed by atoms with Crippen molar-refractivity contribution in [1.82, 2.24) is 0 Å². The molecule has 1 heterocycles. The molecule has 4 aliphatic carbocycles. The van der Waals surface area contributed by atoms with Crippen LogP contribution in [0.15, 0.2) is 23.8 Å². The second kappa shape index (κ2) is 8.78. The highest BCUT2D eigenvalue weighted by Gasteiger charge is 2.47. The Morgan fingerprint density at radius 2 is 1.75 bits per heavy atom. The zero-order chi connectivity index (χ0) is 25.1. The van der Waals surface area contributed by atoms with Gasteiger partial charge in [-0.05, 0) is 79.5 Å². The molecule has 8 heteroatoms. The van der Waals surface area contributed by atoms with Crippen molar-refractivity contribution in [3.8, 4) is 5.75 Å². The molecule has 1 aliphatic heterocycles. The topological polar surface area (TPSA) is 109 Å². The van der Waals surface area contributed by atoms with Crippen LogP contribution in [-0.2, 0) is 9.47 Å². The van der Waals surface area contributed by atoms with Gasteiger partial charge in [0.15, 0.2) is 0 Å². The molecule has 1 aromatic rings. The number of aliphatic hydroxyl groups excluding tert-OH is 4. The lowest BCUT2D eigenvalue weighted by Crippen LogP contribution is -2.60. The third kappa shape index (κ3) is 3.83. The number of halogens is 1. The second-order valence-electron chi connectivity index (χ2n) is 9.65. The largest absolute Gasteiger partial charge is 0.496 e. The normalized spacial score (nSPS) is 42.2. The summed E-state index contributed by atoms with van der Waals surface area (Å²) in [4.78, 5) is 0. The summed E-state index contributed by atoms with van der Waals surface area (Å²) in [6, 6.07) is 4.78. The summed E-state index contributed by atoms with van der Waals surface area (Å²) >= 11 is 6.35. The summed E-state index contributed by atoms with van der Waals surface area (Å²) in [6.45, 7) is -0.591. The summed E-state index contributed by atoms with van der Waals surface area (Å²) in [7, 11) is -2.64. The van der Waals surface area contributed by atoms with E-state index in [-0.39, 0.29) is 22.6 Å². The average Bonchev–Trinajstić information content (AvgIpc) is 2.78. The molecule has 4 bridgehead atoms. The van der Waals surface area contributed by atoms with Crippen molar-refractivity contribution in [3.63, 3.8) is 0 Å². The summed E-state index contributed by atoms with van der Waals surface area (Å²) in [5.41, 5.74) is 1.54. The van der Waals surface area contributed by atoms with E-state index in [0.29, 0.717) is 23.2 Å². The summed E-state index contributed by atoms with van der Waals surface area (Å²) < 4.78 is 40.2. The number of aliphatic hydroxyl groups is 4. The van der Waals surface area contributed by atoms with E-state index in [1.54, 1.807) is 18.2 Å². The second-order valence-corrected chi connectivity index (χ2v) is 10.1. The number of hydrogen-bond donors (Lipinski definition) is 4. The quantitative estimate of drug-likeness (QED) is 0.490. The first-order chi connectivity index (χ1) is 16.5. The molecule has 0 aromatic heterocycles. The Hall–Kier alpha value is -1.35. The molecule has 0 spiro atoms. The monoisotopic (exact) mass is 469 g/mol. The lowest BCUT2D eigenvalue weighted by atomic mass is 9.54. The van der Waals surface area contributed by atoms with Crippen LogP contribution in [0.2, 0.25) is 5.02 Å². The predicted octanol–water partition coefficient (Wildman–Crippen LogP) is 2.33. The Morgan fingerprint density at radius 3 is 2.38 bits per heavy atom. The minimum atomic E-state index is -2.64. The fraction of sp³-hybridized carbons (Fsp3) is 0.667. The first-order valence-corrected chi connectivity index (χ1v) is 11.6. The summed E-state index contributed by atoms with van der Waals surface area (Å²) in [5.74, 6) is 2.36. The van der Waals surface area contributed by atoms with Gasteiger partial charge in [0.25, 0.3) is 0 Å². The first kappa shape index (κ1) is 19.0. The van der Waals surface area contributed by atoms with E-state index in [9.17, 15) is 20.4 Å². The van der Waals surface area contributed by atoms with Gasteiger partial charge >= 0.3 is 0 Å². The van der Waals surface area contributed by atoms with E-state index in [1.165, 1.54) is 6.42 Å². The van der Waals surface area contributed by atoms with Crippen molar-refractivity contribution in [3.05, 3.63) is 34.4 Å². The Kier molecular flexibility index (Phi) is 5.22. The Labute approximate surface area is 196 Å². The highest BCUT2D eigenvalue weighted by molar-refractivity contribution is 6.32. The average molecular weight is 470 g/mol. The molecule has 1 saturated heterocycles. The maximum absolute atomic E-state index is 10.4. The van der Waals surface area contributed by atoms with Crippen LogP contribution < -0.4 is 4.74 Å². The van der Waals surface area contributed by atoms with E-state index in [2.05, 4.69) is 0 Å². The van der Waals surface area contributed by atoms with Gasteiger partial charge in [0.05, 0.1) is 22.8 Å². The standard InChI is InChI=1S/C24H31ClO7/c1-30-23(19-14-5-11-4-12(7-14)8-15(19)6-11)13-2-3-16(25)17(9-13)31-24-22(29)21(28)20(27)18(10-26)32-24/h2-3,9,11-12,14-15,18,20-22,24,26-29H,4-8,10H2,1H3/t11?,12?,14?,15?,18?,20-,21?,22-,24+/m0/s1/i1D3. The first-order valence-electron chi connectivity index (χ1n) is 12.7. The molecular formula is C24H31ClO7. The van der Waals surface area contributed by atoms with Gasteiger partial charge in [0, 0.05) is 5.56 Å². The third-order valence-electron chi connectivity index (χ3n) is 7.67. The molecule has 5 fully saturated rings. The Morgan fingerprint density at radius 1 is 1.06 bits per heavy atom. The highest BCUT2D eigenvalue weighted by Crippen LogP contribution is 2.58. The fourth-order valence-corrected chi connectivity index (χ4v) is 6.53. The van der Waals surface area contributed by atoms with Crippen molar-refractivity contribution >= 4 is 17.4 Å². The number of hydrogen-bond acceptors (Lipinski definition) is 7. The van der Waals surface area contributed by atoms with E-state index in [4.69, 9.17) is 29.9 Å². The maximum Gasteiger partial charge on any atom is 0.229 e. The van der Waals surface area contributed by atoms with Gasteiger partial charge < -0.3 is 34.6 Å². The molecule has 0 amide bonds. The number of methoxy groups -OCH3 is 1. The smallest absolute Gasteiger partial charge is 0.229 e. The van der Waals surface area contributed by atoms with Crippen LogP contribution >= 0.6 is 11.6 Å². The highest BCUT2D eigenvalue weighted by atomic mass is 35.5. The molecule has 4 saturated carbocycles. The molecule has 1 aromatic carbocycles. The molecule has 0 radical (unpaired) electrons. The van der Waals surface area contributed by atoms with Gasteiger partial charge in [-0.15, -0.1) is 0 Å². The molecule has 4 N–H and O–H groups in total.